The number of nitrogens with two attached hydrogens (primary N) is 1. The Morgan fingerprint density at radius 3 is 2.31 bits per heavy atom. The van der Waals surface area contributed by atoms with Gasteiger partial charge in [0.15, 0.2) is 0 Å². The maximum absolute atomic E-state index is 13.1. The average Bonchev–Trinajstić information content (AvgIpc) is 3.43. The van der Waals surface area contributed by atoms with Crippen LogP contribution >= 0.6 is 0 Å². The van der Waals surface area contributed by atoms with Gasteiger partial charge in [0.25, 0.3) is 0 Å². The lowest BCUT2D eigenvalue weighted by Gasteiger charge is -2.68. The second kappa shape index (κ2) is 9.72. The monoisotopic (exact) mass is 541 g/mol. The van der Waals surface area contributed by atoms with E-state index < -0.39 is 12.1 Å². The molecule has 0 aromatic rings. The van der Waals surface area contributed by atoms with Crippen LogP contribution in [-0.4, -0.2) is 40.4 Å². The third kappa shape index (κ3) is 4.17. The first-order valence-corrected chi connectivity index (χ1v) is 15.4. The number of fused-ring (bicyclic) bond motifs is 5. The van der Waals surface area contributed by atoms with Crippen LogP contribution in [0.3, 0.4) is 0 Å². The maximum Gasteiger partial charge on any atom is 0.331 e. The minimum atomic E-state index is -0.878. The SMILES string of the molecule is CC(=O)O[C@H]1C[C@@]2(C)[C@H](/C1=C(/C(=O)O)C1CCC(=C(C)C)C1)[C@@H](N)C[C@H]1[C@@]3(C)CC[C@@H](O)[C@@H](C)[C@@H]3CC[C@@]12C. The smallest absolute Gasteiger partial charge is 0.331 e. The van der Waals surface area contributed by atoms with Gasteiger partial charge >= 0.3 is 11.9 Å². The number of ether oxygens (including phenoxy) is 1. The predicted molar refractivity (Wildman–Crippen MR) is 152 cm³/mol. The lowest BCUT2D eigenvalue weighted by atomic mass is 9.36. The molecular weight excluding hydrogens is 490 g/mol. The lowest BCUT2D eigenvalue weighted by molar-refractivity contribution is -0.201. The van der Waals surface area contributed by atoms with E-state index in [1.807, 2.05) is 0 Å². The molecule has 5 aliphatic carbocycles. The highest BCUT2D eigenvalue weighted by Crippen LogP contribution is 2.74. The number of carboxylic acids is 1. The topological polar surface area (TPSA) is 110 Å². The van der Waals surface area contributed by atoms with Crippen LogP contribution in [0.25, 0.3) is 0 Å². The number of allylic oxidation sites excluding steroid dienone is 2. The van der Waals surface area contributed by atoms with Crippen LogP contribution in [0, 0.1) is 45.8 Å². The van der Waals surface area contributed by atoms with E-state index in [0.29, 0.717) is 23.8 Å². The Labute approximate surface area is 234 Å². The zero-order valence-electron chi connectivity index (χ0n) is 25.2. The van der Waals surface area contributed by atoms with Gasteiger partial charge in [-0.2, -0.15) is 0 Å². The molecule has 0 amide bonds. The van der Waals surface area contributed by atoms with E-state index in [0.717, 1.165) is 56.9 Å². The lowest BCUT2D eigenvalue weighted by Crippen LogP contribution is -2.65. The summed E-state index contributed by atoms with van der Waals surface area (Å²) < 4.78 is 6.02. The number of rotatable bonds is 3. The highest BCUT2D eigenvalue weighted by atomic mass is 16.5. The van der Waals surface area contributed by atoms with E-state index in [1.54, 1.807) is 0 Å². The second-order valence-electron chi connectivity index (χ2n) is 14.9. The predicted octanol–water partition coefficient (Wildman–Crippen LogP) is 6.02. The van der Waals surface area contributed by atoms with E-state index in [4.69, 9.17) is 10.5 Å². The van der Waals surface area contributed by atoms with E-state index in [1.165, 1.54) is 18.1 Å². The number of aliphatic hydroxyl groups excluding tert-OH is 1. The van der Waals surface area contributed by atoms with Crippen LogP contribution in [0.5, 0.6) is 0 Å². The van der Waals surface area contributed by atoms with Crippen molar-refractivity contribution in [2.45, 2.75) is 125 Å². The van der Waals surface area contributed by atoms with E-state index in [2.05, 4.69) is 41.5 Å². The van der Waals surface area contributed by atoms with Gasteiger partial charge in [-0.1, -0.05) is 38.8 Å². The Balaban J connectivity index is 1.64. The highest BCUT2D eigenvalue weighted by Gasteiger charge is 2.70. The molecule has 5 aliphatic rings. The molecule has 4 N–H and O–H groups in total. The molecule has 0 aliphatic heterocycles. The normalized spacial score (nSPS) is 48.6. The van der Waals surface area contributed by atoms with Crippen LogP contribution in [0.2, 0.25) is 0 Å². The summed E-state index contributed by atoms with van der Waals surface area (Å²) in [5, 5.41) is 21.4. The molecule has 11 atom stereocenters. The highest BCUT2D eigenvalue weighted by molar-refractivity contribution is 5.89. The van der Waals surface area contributed by atoms with Gasteiger partial charge in [0.2, 0.25) is 0 Å². The van der Waals surface area contributed by atoms with E-state index in [-0.39, 0.29) is 52.1 Å². The summed E-state index contributed by atoms with van der Waals surface area (Å²) in [5.41, 5.74) is 10.8. The number of aliphatic carboxylic acids is 1. The second-order valence-corrected chi connectivity index (χ2v) is 14.9. The summed E-state index contributed by atoms with van der Waals surface area (Å²) in [6.45, 7) is 15.1. The van der Waals surface area contributed by atoms with Crippen molar-refractivity contribution in [2.24, 2.45) is 51.6 Å². The summed E-state index contributed by atoms with van der Waals surface area (Å²) in [7, 11) is 0. The number of carbonyl (C=O) groups excluding carboxylic acids is 1. The molecule has 0 bridgehead atoms. The van der Waals surface area contributed by atoms with Crippen LogP contribution in [0.15, 0.2) is 22.3 Å². The van der Waals surface area contributed by atoms with Crippen molar-refractivity contribution < 1.29 is 24.5 Å². The molecule has 0 spiro atoms. The first-order valence-electron chi connectivity index (χ1n) is 15.4. The zero-order chi connectivity index (χ0) is 28.7. The molecule has 0 aromatic heterocycles. The van der Waals surface area contributed by atoms with Gasteiger partial charge in [-0.05, 0) is 117 Å². The Hall–Kier alpha value is -1.66. The molecule has 5 fully saturated rings. The summed E-state index contributed by atoms with van der Waals surface area (Å²) in [4.78, 5) is 25.5. The van der Waals surface area contributed by atoms with Gasteiger partial charge in [-0.3, -0.25) is 4.79 Å². The third-order valence-electron chi connectivity index (χ3n) is 13.1. The molecule has 5 rings (SSSR count). The first kappa shape index (κ1) is 28.9. The van der Waals surface area contributed by atoms with E-state index >= 15 is 0 Å². The van der Waals surface area contributed by atoms with Gasteiger partial charge in [0.05, 0.1) is 6.10 Å². The van der Waals surface area contributed by atoms with Crippen molar-refractivity contribution >= 4 is 11.9 Å². The summed E-state index contributed by atoms with van der Waals surface area (Å²) in [6.07, 6.45) is 7.12. The Kier molecular flexibility index (Phi) is 7.19. The Morgan fingerprint density at radius 1 is 1.03 bits per heavy atom. The van der Waals surface area contributed by atoms with Gasteiger partial charge in [-0.15, -0.1) is 0 Å². The molecule has 0 heterocycles. The largest absolute Gasteiger partial charge is 0.478 e. The molecule has 0 saturated heterocycles. The first-order chi connectivity index (χ1) is 18.2. The molecule has 6 nitrogen and oxygen atoms in total. The number of esters is 1. The standard InChI is InChI=1S/C33H51NO5/c1-17(2)20-8-9-21(14-20)27(30(37)38)28-25(39-19(4)35)16-33(7)29(28)23(34)15-26-31(5)12-11-24(36)18(3)22(31)10-13-32(26,33)6/h18,21-26,29,36H,8-16,34H2,1-7H3,(H,37,38)/b28-27+/t18-,21?,22-,23-,24+,25-,26-,29-,31-,32-,33-/m0/s1. The Bertz CT molecular complexity index is 1110. The minimum Gasteiger partial charge on any atom is -0.478 e. The van der Waals surface area contributed by atoms with Crippen LogP contribution in [-0.2, 0) is 14.3 Å². The molecule has 0 radical (unpaired) electrons. The zero-order valence-corrected chi connectivity index (χ0v) is 25.2. The van der Waals surface area contributed by atoms with Crippen molar-refractivity contribution in [3.63, 3.8) is 0 Å². The van der Waals surface area contributed by atoms with Gasteiger partial charge in [0, 0.05) is 24.5 Å². The minimum absolute atomic E-state index is 0.0642. The summed E-state index contributed by atoms with van der Waals surface area (Å²) >= 11 is 0. The van der Waals surface area contributed by atoms with Crippen molar-refractivity contribution in [1.82, 2.24) is 0 Å². The molecule has 1 unspecified atom stereocenters. The van der Waals surface area contributed by atoms with Crippen molar-refractivity contribution in [3.8, 4) is 0 Å². The van der Waals surface area contributed by atoms with Crippen LogP contribution in [0.1, 0.15) is 106 Å². The van der Waals surface area contributed by atoms with E-state index in [9.17, 15) is 19.8 Å². The molecular formula is C33H51NO5. The van der Waals surface area contributed by atoms with Crippen molar-refractivity contribution in [2.75, 3.05) is 0 Å². The molecule has 6 heteroatoms. The van der Waals surface area contributed by atoms with Crippen molar-refractivity contribution in [3.05, 3.63) is 22.3 Å². The molecule has 39 heavy (non-hydrogen) atoms. The average molecular weight is 542 g/mol. The fraction of sp³-hybridized carbons (Fsp3) is 0.818. The van der Waals surface area contributed by atoms with Crippen LogP contribution in [0.4, 0.5) is 0 Å². The van der Waals surface area contributed by atoms with Gasteiger partial charge < -0.3 is 20.7 Å². The van der Waals surface area contributed by atoms with Gasteiger partial charge in [-0.25, -0.2) is 4.79 Å². The molecule has 5 saturated carbocycles. The molecule has 218 valence electrons. The fourth-order valence-electron chi connectivity index (χ4n) is 11.0. The number of carbonyl (C=O) groups is 2. The van der Waals surface area contributed by atoms with Crippen molar-refractivity contribution in [1.29, 1.82) is 0 Å². The number of hydrogen-bond donors (Lipinski definition) is 3. The fourth-order valence-corrected chi connectivity index (χ4v) is 11.0. The number of hydrogen-bond acceptors (Lipinski definition) is 5. The maximum atomic E-state index is 13.1. The summed E-state index contributed by atoms with van der Waals surface area (Å²) in [5.74, 6) is -0.329. The number of aliphatic hydroxyl groups is 1. The van der Waals surface area contributed by atoms with Gasteiger partial charge in [0.1, 0.15) is 6.10 Å². The quantitative estimate of drug-likeness (QED) is 0.229. The molecule has 0 aromatic carbocycles. The third-order valence-corrected chi connectivity index (χ3v) is 13.1. The van der Waals surface area contributed by atoms with Crippen LogP contribution < -0.4 is 5.73 Å². The number of carboxylic acid groups (broad SMARTS) is 1. The Morgan fingerprint density at radius 2 is 1.72 bits per heavy atom. The summed E-state index contributed by atoms with van der Waals surface area (Å²) in [6, 6.07) is -0.194.